The molecule has 0 amide bonds. The minimum atomic E-state index is -0.670. The fourth-order valence-electron chi connectivity index (χ4n) is 3.30. The molecule has 0 spiro atoms. The molecular formula is C20H14ClFN6O2. The normalized spacial score (nSPS) is 11.0. The molecule has 8 nitrogen and oxygen atoms in total. The molecule has 10 heteroatoms. The van der Waals surface area contributed by atoms with Crippen LogP contribution in [0.4, 0.5) is 4.39 Å². The van der Waals surface area contributed by atoms with Crippen LogP contribution in [0.5, 0.6) is 0 Å². The number of nitriles is 1. The van der Waals surface area contributed by atoms with Gasteiger partial charge in [0.05, 0.1) is 34.2 Å². The van der Waals surface area contributed by atoms with E-state index in [0.717, 1.165) is 10.1 Å². The monoisotopic (exact) mass is 424 g/mol. The molecule has 0 unspecified atom stereocenters. The molecule has 0 N–H and O–H groups in total. The van der Waals surface area contributed by atoms with Crippen molar-refractivity contribution in [2.24, 2.45) is 0 Å². The van der Waals surface area contributed by atoms with Gasteiger partial charge >= 0.3 is 5.69 Å². The minimum absolute atomic E-state index is 0.0408. The number of benzene rings is 1. The number of rotatable bonds is 3. The van der Waals surface area contributed by atoms with Gasteiger partial charge < -0.3 is 0 Å². The molecule has 0 saturated heterocycles. The first-order valence-corrected chi connectivity index (χ1v) is 9.20. The molecule has 3 aromatic heterocycles. The lowest BCUT2D eigenvalue weighted by Gasteiger charge is -2.15. The van der Waals surface area contributed by atoms with Crippen molar-refractivity contribution >= 4 is 22.5 Å². The Morgan fingerprint density at radius 3 is 2.70 bits per heavy atom. The van der Waals surface area contributed by atoms with Crippen molar-refractivity contribution in [3.8, 4) is 17.4 Å². The highest BCUT2D eigenvalue weighted by molar-refractivity contribution is 6.35. The van der Waals surface area contributed by atoms with E-state index in [9.17, 15) is 19.2 Å². The van der Waals surface area contributed by atoms with E-state index in [-0.39, 0.29) is 28.6 Å². The fourth-order valence-corrected chi connectivity index (χ4v) is 3.51. The summed E-state index contributed by atoms with van der Waals surface area (Å²) >= 11 is 6.04. The Morgan fingerprint density at radius 1 is 1.23 bits per heavy atom. The Morgan fingerprint density at radius 2 is 2.00 bits per heavy atom. The van der Waals surface area contributed by atoms with E-state index in [1.54, 1.807) is 26.1 Å². The van der Waals surface area contributed by atoms with Gasteiger partial charge in [0.2, 0.25) is 0 Å². The van der Waals surface area contributed by atoms with Crippen molar-refractivity contribution in [2.75, 3.05) is 0 Å². The number of aryl methyl sites for hydroxylation is 1. The molecule has 0 fully saturated rings. The van der Waals surface area contributed by atoms with Gasteiger partial charge in [-0.1, -0.05) is 11.6 Å². The molecule has 0 radical (unpaired) electrons. The average Bonchev–Trinajstić information content (AvgIpc) is 3.13. The molecule has 4 aromatic rings. The highest BCUT2D eigenvalue weighted by atomic mass is 35.5. The van der Waals surface area contributed by atoms with Crippen molar-refractivity contribution in [1.82, 2.24) is 23.9 Å². The summed E-state index contributed by atoms with van der Waals surface area (Å²) in [5, 5.41) is 13.7. The summed E-state index contributed by atoms with van der Waals surface area (Å²) < 4.78 is 17.2. The van der Waals surface area contributed by atoms with Crippen LogP contribution in [0, 0.1) is 31.0 Å². The van der Waals surface area contributed by atoms with Gasteiger partial charge in [-0.15, -0.1) is 0 Å². The minimum Gasteiger partial charge on any atom is -0.282 e. The third-order valence-electron chi connectivity index (χ3n) is 4.73. The van der Waals surface area contributed by atoms with E-state index in [1.807, 2.05) is 6.07 Å². The highest BCUT2D eigenvalue weighted by Gasteiger charge is 2.21. The molecule has 3 heterocycles. The number of fused-ring (bicyclic) bond motifs is 1. The van der Waals surface area contributed by atoms with Gasteiger partial charge in [0.1, 0.15) is 18.0 Å². The predicted molar refractivity (Wildman–Crippen MR) is 109 cm³/mol. The van der Waals surface area contributed by atoms with Crippen molar-refractivity contribution < 1.29 is 4.39 Å². The van der Waals surface area contributed by atoms with Crippen LogP contribution in [-0.4, -0.2) is 23.9 Å². The lowest BCUT2D eigenvalue weighted by atomic mass is 10.2. The first kappa shape index (κ1) is 19.5. The zero-order chi connectivity index (χ0) is 21.6. The maximum atomic E-state index is 13.8. The smallest absolute Gasteiger partial charge is 0.282 e. The van der Waals surface area contributed by atoms with Crippen LogP contribution in [0.1, 0.15) is 11.3 Å². The van der Waals surface area contributed by atoms with Crippen LogP contribution in [0.3, 0.4) is 0 Å². The molecule has 0 bridgehead atoms. The molecule has 0 aliphatic heterocycles. The Kier molecular flexibility index (Phi) is 4.72. The van der Waals surface area contributed by atoms with E-state index in [2.05, 4.69) is 10.1 Å². The molecular weight excluding hydrogens is 411 g/mol. The standard InChI is InChI=1S/C20H14ClFN6O2/c1-11-7-13(9-24-8-11)28-19(29)18(12(2)26(6-5-23)20(28)30)27-10-14-16(25-27)4-3-15(22)17(14)21/h3-4,7-10H,6H2,1-2H3. The van der Waals surface area contributed by atoms with Gasteiger partial charge in [-0.3, -0.25) is 14.3 Å². The zero-order valence-corrected chi connectivity index (χ0v) is 16.7. The van der Waals surface area contributed by atoms with Crippen molar-refractivity contribution in [3.05, 3.63) is 79.7 Å². The van der Waals surface area contributed by atoms with Crippen LogP contribution >= 0.6 is 11.6 Å². The molecule has 30 heavy (non-hydrogen) atoms. The second-order valence-electron chi connectivity index (χ2n) is 6.69. The summed E-state index contributed by atoms with van der Waals surface area (Å²) in [7, 11) is 0. The topological polar surface area (TPSA) is 98.5 Å². The maximum absolute atomic E-state index is 13.8. The molecule has 1 aromatic carbocycles. The first-order chi connectivity index (χ1) is 14.3. The Labute approximate surface area is 174 Å². The van der Waals surface area contributed by atoms with Gasteiger partial charge in [0.15, 0.2) is 0 Å². The average molecular weight is 425 g/mol. The largest absolute Gasteiger partial charge is 0.336 e. The van der Waals surface area contributed by atoms with Crippen LogP contribution in [0.25, 0.3) is 22.3 Å². The van der Waals surface area contributed by atoms with E-state index < -0.39 is 17.1 Å². The van der Waals surface area contributed by atoms with Gasteiger partial charge in [-0.25, -0.2) is 18.4 Å². The van der Waals surface area contributed by atoms with Crippen molar-refractivity contribution in [2.45, 2.75) is 20.4 Å². The second kappa shape index (κ2) is 7.24. The van der Waals surface area contributed by atoms with Gasteiger partial charge in [-0.05, 0) is 37.6 Å². The quantitative estimate of drug-likeness (QED) is 0.503. The molecule has 4 rings (SSSR count). The SMILES string of the molecule is Cc1cncc(-n2c(=O)c(-n3cc4c(Cl)c(F)ccc4n3)c(C)n(CC#N)c2=O)c1. The summed E-state index contributed by atoms with van der Waals surface area (Å²) in [5.74, 6) is -0.613. The van der Waals surface area contributed by atoms with Crippen molar-refractivity contribution in [1.29, 1.82) is 5.26 Å². The summed E-state index contributed by atoms with van der Waals surface area (Å²) in [5.41, 5.74) is 0.354. The molecule has 0 aliphatic carbocycles. The predicted octanol–water partition coefficient (Wildman–Crippen LogP) is 2.67. The lowest BCUT2D eigenvalue weighted by molar-refractivity contribution is 0.630. The number of hydrogen-bond acceptors (Lipinski definition) is 5. The van der Waals surface area contributed by atoms with E-state index in [1.165, 1.54) is 33.8 Å². The number of aromatic nitrogens is 5. The van der Waals surface area contributed by atoms with Gasteiger partial charge in [0.25, 0.3) is 5.56 Å². The zero-order valence-electron chi connectivity index (χ0n) is 15.9. The van der Waals surface area contributed by atoms with E-state index in [0.29, 0.717) is 10.9 Å². The van der Waals surface area contributed by atoms with E-state index in [4.69, 9.17) is 11.6 Å². The Balaban J connectivity index is 2.11. The molecule has 0 aliphatic rings. The maximum Gasteiger partial charge on any atom is 0.336 e. The van der Waals surface area contributed by atoms with Crippen LogP contribution in [0.15, 0.2) is 46.4 Å². The van der Waals surface area contributed by atoms with Crippen LogP contribution < -0.4 is 11.2 Å². The summed E-state index contributed by atoms with van der Waals surface area (Å²) in [6.45, 7) is 3.05. The molecule has 0 atom stereocenters. The van der Waals surface area contributed by atoms with Gasteiger partial charge in [0, 0.05) is 17.8 Å². The van der Waals surface area contributed by atoms with Crippen molar-refractivity contribution in [3.63, 3.8) is 0 Å². The Hall–Kier alpha value is -3.77. The molecule has 150 valence electrons. The first-order valence-electron chi connectivity index (χ1n) is 8.82. The second-order valence-corrected chi connectivity index (χ2v) is 7.07. The third-order valence-corrected chi connectivity index (χ3v) is 5.11. The highest BCUT2D eigenvalue weighted by Crippen LogP contribution is 2.26. The summed E-state index contributed by atoms with van der Waals surface area (Å²) in [6, 6.07) is 6.19. The van der Waals surface area contributed by atoms with Gasteiger partial charge in [-0.2, -0.15) is 10.4 Å². The molecule has 0 saturated carbocycles. The van der Waals surface area contributed by atoms with E-state index >= 15 is 0 Å². The summed E-state index contributed by atoms with van der Waals surface area (Å²) in [4.78, 5) is 30.4. The fraction of sp³-hybridized carbons (Fsp3) is 0.150. The van der Waals surface area contributed by atoms with Crippen LogP contribution in [-0.2, 0) is 6.54 Å². The van der Waals surface area contributed by atoms with Crippen LogP contribution in [0.2, 0.25) is 5.02 Å². The summed E-state index contributed by atoms with van der Waals surface area (Å²) in [6.07, 6.45) is 4.40. The lowest BCUT2D eigenvalue weighted by Crippen LogP contribution is -2.42. The number of halogens is 2. The number of hydrogen-bond donors (Lipinski definition) is 0. The Bertz CT molecular complexity index is 1480. The number of pyridine rings is 1. The third kappa shape index (κ3) is 2.98. The number of nitrogens with zero attached hydrogens (tertiary/aromatic N) is 6.